The molecule has 0 aliphatic carbocycles. The normalized spacial score (nSPS) is 11.6. The second kappa shape index (κ2) is 13.2. The first kappa shape index (κ1) is 32.2. The Bertz CT molecular complexity index is 3240. The van der Waals surface area contributed by atoms with Gasteiger partial charge in [0, 0.05) is 39.1 Å². The van der Waals surface area contributed by atoms with Gasteiger partial charge in [-0.15, -0.1) is 11.3 Å². The highest BCUT2D eigenvalue weighted by Gasteiger charge is 2.16. The summed E-state index contributed by atoms with van der Waals surface area (Å²) in [5.41, 5.74) is 10.9. The van der Waals surface area contributed by atoms with Crippen molar-refractivity contribution >= 4 is 54.3 Å². The number of thiazole rings is 1. The molecule has 0 saturated heterocycles. The molecule has 11 rings (SSSR count). The minimum absolute atomic E-state index is 0.613. The van der Waals surface area contributed by atoms with Gasteiger partial charge in [-0.3, -0.25) is 0 Å². The van der Waals surface area contributed by atoms with Gasteiger partial charge in [-0.1, -0.05) is 146 Å². The van der Waals surface area contributed by atoms with Crippen LogP contribution in [-0.2, 0) is 0 Å². The molecular formula is C50H30N4OS. The maximum atomic E-state index is 6.47. The van der Waals surface area contributed by atoms with Crippen molar-refractivity contribution in [3.63, 3.8) is 0 Å². The molecule has 0 saturated carbocycles. The summed E-state index contributed by atoms with van der Waals surface area (Å²) in [4.78, 5) is 20.0. The van der Waals surface area contributed by atoms with Gasteiger partial charge in [0.15, 0.2) is 17.5 Å². The third-order valence-electron chi connectivity index (χ3n) is 10.3. The van der Waals surface area contributed by atoms with E-state index in [-0.39, 0.29) is 0 Å². The summed E-state index contributed by atoms with van der Waals surface area (Å²) < 4.78 is 7.61. The quantitative estimate of drug-likeness (QED) is 0.170. The monoisotopic (exact) mass is 734 g/mol. The van der Waals surface area contributed by atoms with Crippen LogP contribution in [-0.4, -0.2) is 19.9 Å². The Morgan fingerprint density at radius 2 is 0.893 bits per heavy atom. The lowest BCUT2D eigenvalue weighted by Crippen LogP contribution is -2.00. The van der Waals surface area contributed by atoms with Crippen LogP contribution in [0.15, 0.2) is 186 Å². The second-order valence-electron chi connectivity index (χ2n) is 13.9. The van der Waals surface area contributed by atoms with Gasteiger partial charge in [0.1, 0.15) is 16.2 Å². The Morgan fingerprint density at radius 3 is 1.68 bits per heavy atom. The minimum Gasteiger partial charge on any atom is -0.456 e. The predicted molar refractivity (Wildman–Crippen MR) is 230 cm³/mol. The van der Waals surface area contributed by atoms with Crippen LogP contribution < -0.4 is 0 Å². The predicted octanol–water partition coefficient (Wildman–Crippen LogP) is 13.5. The molecule has 0 spiro atoms. The maximum absolute atomic E-state index is 6.47. The lowest BCUT2D eigenvalue weighted by atomic mass is 10.00. The van der Waals surface area contributed by atoms with Crippen LogP contribution in [0.4, 0.5) is 0 Å². The molecule has 0 radical (unpaired) electrons. The highest BCUT2D eigenvalue weighted by molar-refractivity contribution is 7.21. The smallest absolute Gasteiger partial charge is 0.164 e. The number of rotatable bonds is 6. The molecule has 0 unspecified atom stereocenters. The first-order valence-electron chi connectivity index (χ1n) is 18.5. The largest absolute Gasteiger partial charge is 0.456 e. The second-order valence-corrected chi connectivity index (χ2v) is 14.9. The Labute approximate surface area is 326 Å². The van der Waals surface area contributed by atoms with Crippen molar-refractivity contribution in [3.05, 3.63) is 182 Å². The van der Waals surface area contributed by atoms with Crippen LogP contribution >= 0.6 is 11.3 Å². The van der Waals surface area contributed by atoms with E-state index in [9.17, 15) is 0 Å². The fraction of sp³-hybridized carbons (Fsp3) is 0. The minimum atomic E-state index is 0.613. The zero-order valence-corrected chi connectivity index (χ0v) is 30.7. The van der Waals surface area contributed by atoms with Crippen molar-refractivity contribution in [1.29, 1.82) is 0 Å². The van der Waals surface area contributed by atoms with Gasteiger partial charge in [-0.25, -0.2) is 19.9 Å². The number of furan rings is 1. The standard InChI is InChI=1S/C50H30N4OS/c1-3-11-33(12-4-1)47-52-48(34-21-18-32(19-22-34)38-23-20-31-10-7-8-15-36(31)26-38)54-49(53-47)40-17-9-16-37(27-40)39-24-25-41-42-29-46-43(30-45(42)55-44(41)28-39)51-50(56-46)35-13-5-2-6-14-35/h1-30H. The fourth-order valence-electron chi connectivity index (χ4n) is 7.45. The molecule has 0 amide bonds. The van der Waals surface area contributed by atoms with Crippen LogP contribution in [0, 0.1) is 0 Å². The van der Waals surface area contributed by atoms with Crippen molar-refractivity contribution in [2.24, 2.45) is 0 Å². The van der Waals surface area contributed by atoms with Crippen molar-refractivity contribution in [2.75, 3.05) is 0 Å². The lowest BCUT2D eigenvalue weighted by molar-refractivity contribution is 0.669. The van der Waals surface area contributed by atoms with E-state index in [1.165, 1.54) is 16.3 Å². The molecule has 3 heterocycles. The van der Waals surface area contributed by atoms with Gasteiger partial charge in [0.25, 0.3) is 0 Å². The average molecular weight is 735 g/mol. The number of benzene rings is 8. The Kier molecular flexibility index (Phi) is 7.60. The zero-order valence-electron chi connectivity index (χ0n) is 29.9. The van der Waals surface area contributed by atoms with Crippen LogP contribution in [0.3, 0.4) is 0 Å². The SMILES string of the molecule is c1ccc(-c2nc(-c3ccc(-c4ccc5ccccc5c4)cc3)nc(-c3cccc(-c4ccc5c(c4)oc4cc6nc(-c7ccccc7)sc6cc45)c3)n2)cc1. The van der Waals surface area contributed by atoms with Crippen molar-refractivity contribution < 1.29 is 4.42 Å². The van der Waals surface area contributed by atoms with Crippen molar-refractivity contribution in [1.82, 2.24) is 19.9 Å². The summed E-state index contributed by atoms with van der Waals surface area (Å²) >= 11 is 1.71. The summed E-state index contributed by atoms with van der Waals surface area (Å²) in [6, 6.07) is 63.0. The number of nitrogens with zero attached hydrogens (tertiary/aromatic N) is 4. The third-order valence-corrected chi connectivity index (χ3v) is 11.4. The van der Waals surface area contributed by atoms with Crippen LogP contribution in [0.5, 0.6) is 0 Å². The van der Waals surface area contributed by atoms with E-state index in [2.05, 4.69) is 133 Å². The molecule has 0 aliphatic rings. The highest BCUT2D eigenvalue weighted by atomic mass is 32.1. The van der Waals surface area contributed by atoms with Gasteiger partial charge in [0.2, 0.25) is 0 Å². The van der Waals surface area contributed by atoms with Crippen LogP contribution in [0.2, 0.25) is 0 Å². The van der Waals surface area contributed by atoms with E-state index in [0.717, 1.165) is 76.1 Å². The zero-order chi connectivity index (χ0) is 37.0. The Hall–Kier alpha value is -7.28. The van der Waals surface area contributed by atoms with Gasteiger partial charge in [0.05, 0.1) is 10.2 Å². The maximum Gasteiger partial charge on any atom is 0.164 e. The molecule has 56 heavy (non-hydrogen) atoms. The molecule has 0 N–H and O–H groups in total. The van der Waals surface area contributed by atoms with Crippen molar-refractivity contribution in [2.45, 2.75) is 0 Å². The summed E-state index contributed by atoms with van der Waals surface area (Å²) in [6.07, 6.45) is 0. The van der Waals surface area contributed by atoms with Crippen LogP contribution in [0.1, 0.15) is 0 Å². The number of hydrogen-bond donors (Lipinski definition) is 0. The number of aromatic nitrogens is 4. The molecule has 3 aromatic heterocycles. The summed E-state index contributed by atoms with van der Waals surface area (Å²) in [6.45, 7) is 0. The fourth-order valence-corrected chi connectivity index (χ4v) is 8.44. The molecule has 0 atom stereocenters. The van der Waals surface area contributed by atoms with E-state index >= 15 is 0 Å². The van der Waals surface area contributed by atoms with E-state index in [0.29, 0.717) is 17.5 Å². The van der Waals surface area contributed by atoms with E-state index in [1.54, 1.807) is 11.3 Å². The summed E-state index contributed by atoms with van der Waals surface area (Å²) in [5, 5.41) is 5.63. The average Bonchev–Trinajstić information content (AvgIpc) is 3.86. The van der Waals surface area contributed by atoms with E-state index in [4.69, 9.17) is 24.4 Å². The molecule has 0 aliphatic heterocycles. The molecule has 8 aromatic carbocycles. The molecule has 0 bridgehead atoms. The van der Waals surface area contributed by atoms with Crippen molar-refractivity contribution in [3.8, 4) is 67.0 Å². The molecule has 11 aromatic rings. The number of fused-ring (bicyclic) bond motifs is 5. The van der Waals surface area contributed by atoms with Gasteiger partial charge in [-0.2, -0.15) is 0 Å². The first-order valence-corrected chi connectivity index (χ1v) is 19.3. The third kappa shape index (κ3) is 5.80. The number of hydrogen-bond acceptors (Lipinski definition) is 6. The van der Waals surface area contributed by atoms with E-state index < -0.39 is 0 Å². The first-order chi connectivity index (χ1) is 27.7. The highest BCUT2D eigenvalue weighted by Crippen LogP contribution is 2.38. The Balaban J connectivity index is 0.950. The Morgan fingerprint density at radius 1 is 0.339 bits per heavy atom. The molecule has 6 heteroatoms. The molecule has 262 valence electrons. The molecule has 0 fully saturated rings. The molecule has 5 nitrogen and oxygen atoms in total. The lowest BCUT2D eigenvalue weighted by Gasteiger charge is -2.10. The van der Waals surface area contributed by atoms with Gasteiger partial charge < -0.3 is 4.42 Å². The van der Waals surface area contributed by atoms with E-state index in [1.807, 2.05) is 48.5 Å². The van der Waals surface area contributed by atoms with Crippen LogP contribution in [0.25, 0.3) is 110 Å². The van der Waals surface area contributed by atoms with Gasteiger partial charge >= 0.3 is 0 Å². The topological polar surface area (TPSA) is 64.7 Å². The summed E-state index contributed by atoms with van der Waals surface area (Å²) in [7, 11) is 0. The molecular weight excluding hydrogens is 705 g/mol. The van der Waals surface area contributed by atoms with Gasteiger partial charge in [-0.05, 0) is 63.4 Å². The summed E-state index contributed by atoms with van der Waals surface area (Å²) in [5.74, 6) is 1.86.